The zero-order valence-electron chi connectivity index (χ0n) is 18.4. The summed E-state index contributed by atoms with van der Waals surface area (Å²) in [4.78, 5) is 40.1. The van der Waals surface area contributed by atoms with Crippen LogP contribution in [0.15, 0.2) is 42.5 Å². The third kappa shape index (κ3) is 4.20. The first-order chi connectivity index (χ1) is 15.5. The van der Waals surface area contributed by atoms with Crippen LogP contribution in [0.2, 0.25) is 0 Å². The molecular formula is C25H28N2O5. The molecule has 0 bridgehead atoms. The topological polar surface area (TPSA) is 84.9 Å². The summed E-state index contributed by atoms with van der Waals surface area (Å²) in [5.74, 6) is 0.125. The number of carbonyl (C=O) groups is 3. The normalized spacial score (nSPS) is 16.8. The summed E-state index contributed by atoms with van der Waals surface area (Å²) in [6.07, 6.45) is 4.29. The largest absolute Gasteiger partial charge is 0.493 e. The monoisotopic (exact) mass is 436 g/mol. The van der Waals surface area contributed by atoms with Crippen LogP contribution in [0.3, 0.4) is 0 Å². The summed E-state index contributed by atoms with van der Waals surface area (Å²) in [5, 5.41) is 2.77. The molecule has 1 aliphatic heterocycles. The lowest BCUT2D eigenvalue weighted by Gasteiger charge is -2.27. The van der Waals surface area contributed by atoms with Gasteiger partial charge in [-0.1, -0.05) is 18.2 Å². The highest BCUT2D eigenvalue weighted by Gasteiger charge is 2.41. The van der Waals surface area contributed by atoms with Crippen LogP contribution in [0, 0.1) is 0 Å². The Hall–Kier alpha value is -3.35. The molecule has 3 amide bonds. The molecule has 0 radical (unpaired) electrons. The molecule has 1 atom stereocenters. The summed E-state index contributed by atoms with van der Waals surface area (Å²) in [6, 6.07) is 11.3. The maximum Gasteiger partial charge on any atom is 0.262 e. The van der Waals surface area contributed by atoms with Gasteiger partial charge in [0.1, 0.15) is 0 Å². The molecule has 1 fully saturated rings. The van der Waals surface area contributed by atoms with Crippen LogP contribution in [-0.2, 0) is 4.79 Å². The summed E-state index contributed by atoms with van der Waals surface area (Å²) in [5.41, 5.74) is 1.36. The van der Waals surface area contributed by atoms with Crippen molar-refractivity contribution in [3.05, 3.63) is 59.2 Å². The van der Waals surface area contributed by atoms with Crippen molar-refractivity contribution in [1.29, 1.82) is 0 Å². The Morgan fingerprint density at radius 3 is 2.31 bits per heavy atom. The van der Waals surface area contributed by atoms with E-state index in [0.29, 0.717) is 34.7 Å². The second-order valence-corrected chi connectivity index (χ2v) is 8.13. The van der Waals surface area contributed by atoms with Gasteiger partial charge in [0.25, 0.3) is 11.8 Å². The molecule has 32 heavy (non-hydrogen) atoms. The number of imide groups is 1. The number of hydrogen-bond donors (Lipinski definition) is 1. The van der Waals surface area contributed by atoms with E-state index in [1.807, 2.05) is 6.92 Å². The van der Waals surface area contributed by atoms with E-state index in [2.05, 4.69) is 5.32 Å². The quantitative estimate of drug-likeness (QED) is 0.635. The number of rotatable bonds is 8. The van der Waals surface area contributed by atoms with Crippen molar-refractivity contribution in [3.8, 4) is 11.5 Å². The Morgan fingerprint density at radius 1 is 1.06 bits per heavy atom. The minimum Gasteiger partial charge on any atom is -0.493 e. The van der Waals surface area contributed by atoms with Gasteiger partial charge in [-0.3, -0.25) is 19.3 Å². The summed E-state index contributed by atoms with van der Waals surface area (Å²) in [6.45, 7) is 2.29. The summed E-state index contributed by atoms with van der Waals surface area (Å²) in [7, 11) is 1.58. The van der Waals surface area contributed by atoms with Gasteiger partial charge in [-0.05, 0) is 62.4 Å². The van der Waals surface area contributed by atoms with Crippen LogP contribution >= 0.6 is 0 Å². The van der Waals surface area contributed by atoms with Crippen LogP contribution in [0.1, 0.15) is 71.3 Å². The fourth-order valence-corrected chi connectivity index (χ4v) is 4.47. The summed E-state index contributed by atoms with van der Waals surface area (Å²) >= 11 is 0. The van der Waals surface area contributed by atoms with Crippen LogP contribution in [0.25, 0.3) is 0 Å². The second kappa shape index (κ2) is 9.42. The molecule has 0 aromatic heterocycles. The molecule has 2 aromatic rings. The Kier molecular flexibility index (Phi) is 6.44. The minimum absolute atomic E-state index is 0.0332. The molecule has 2 aliphatic rings. The molecule has 1 aliphatic carbocycles. The predicted molar refractivity (Wildman–Crippen MR) is 119 cm³/mol. The average molecular weight is 437 g/mol. The number of methoxy groups -OCH3 is 1. The molecule has 4 rings (SSSR count). The molecule has 2 aromatic carbocycles. The molecule has 1 saturated carbocycles. The van der Waals surface area contributed by atoms with Gasteiger partial charge in [-0.25, -0.2) is 0 Å². The smallest absolute Gasteiger partial charge is 0.262 e. The number of ether oxygens (including phenoxy) is 2. The molecule has 168 valence electrons. The van der Waals surface area contributed by atoms with Crippen molar-refractivity contribution in [1.82, 2.24) is 10.2 Å². The van der Waals surface area contributed by atoms with E-state index in [9.17, 15) is 14.4 Å². The third-order valence-electron chi connectivity index (χ3n) is 6.06. The molecule has 7 heteroatoms. The first-order valence-electron chi connectivity index (χ1n) is 11.1. The van der Waals surface area contributed by atoms with E-state index in [4.69, 9.17) is 9.47 Å². The van der Waals surface area contributed by atoms with Crippen LogP contribution < -0.4 is 14.8 Å². The number of amides is 3. The first-order valence-corrected chi connectivity index (χ1v) is 11.1. The van der Waals surface area contributed by atoms with Crippen molar-refractivity contribution in [2.75, 3.05) is 13.7 Å². The van der Waals surface area contributed by atoms with Crippen LogP contribution in [-0.4, -0.2) is 42.4 Å². The highest BCUT2D eigenvalue weighted by molar-refractivity contribution is 6.21. The van der Waals surface area contributed by atoms with Crippen LogP contribution in [0.5, 0.6) is 11.5 Å². The van der Waals surface area contributed by atoms with E-state index in [1.54, 1.807) is 49.6 Å². The second-order valence-electron chi connectivity index (χ2n) is 8.13. The van der Waals surface area contributed by atoms with Gasteiger partial charge in [0.2, 0.25) is 5.91 Å². The van der Waals surface area contributed by atoms with Gasteiger partial charge < -0.3 is 14.8 Å². The molecular weight excluding hydrogens is 408 g/mol. The highest BCUT2D eigenvalue weighted by atomic mass is 16.5. The number of nitrogens with zero attached hydrogens (tertiary/aromatic N) is 1. The molecule has 1 N–H and O–H groups in total. The number of nitrogens with one attached hydrogen (secondary N) is 1. The number of fused-ring (bicyclic) bond motifs is 1. The zero-order chi connectivity index (χ0) is 22.7. The van der Waals surface area contributed by atoms with Crippen molar-refractivity contribution < 1.29 is 23.9 Å². The van der Waals surface area contributed by atoms with E-state index >= 15 is 0 Å². The molecule has 0 spiro atoms. The van der Waals surface area contributed by atoms with Gasteiger partial charge >= 0.3 is 0 Å². The SMILES string of the molecule is CCNC(=O)CC(c1ccc(OC)c(OC2CCCC2)c1)N1C(=O)c2ccccc2C1=O. The van der Waals surface area contributed by atoms with Gasteiger partial charge in [-0.2, -0.15) is 0 Å². The molecule has 7 nitrogen and oxygen atoms in total. The lowest BCUT2D eigenvalue weighted by Crippen LogP contribution is -2.37. The maximum absolute atomic E-state index is 13.2. The lowest BCUT2D eigenvalue weighted by molar-refractivity contribution is -0.121. The van der Waals surface area contributed by atoms with Gasteiger partial charge in [0.05, 0.1) is 36.8 Å². The fraction of sp³-hybridized carbons (Fsp3) is 0.400. The molecule has 0 saturated heterocycles. The average Bonchev–Trinajstić information content (AvgIpc) is 3.39. The van der Waals surface area contributed by atoms with Gasteiger partial charge in [0, 0.05) is 6.54 Å². The number of carbonyl (C=O) groups excluding carboxylic acids is 3. The standard InChI is InChI=1S/C25H28N2O5/c1-3-26-23(28)15-20(27-24(29)18-10-6-7-11-19(18)25(27)30)16-12-13-21(31-2)22(14-16)32-17-8-4-5-9-17/h6-7,10-14,17,20H,3-5,8-9,15H2,1-2H3,(H,26,28). The van der Waals surface area contributed by atoms with Gasteiger partial charge in [0.15, 0.2) is 11.5 Å². The Morgan fingerprint density at radius 2 is 1.72 bits per heavy atom. The van der Waals surface area contributed by atoms with E-state index in [1.165, 1.54) is 4.90 Å². The maximum atomic E-state index is 13.2. The van der Waals surface area contributed by atoms with E-state index < -0.39 is 17.9 Å². The van der Waals surface area contributed by atoms with Crippen molar-refractivity contribution in [2.45, 2.75) is 51.2 Å². The Labute approximate surface area is 187 Å². The summed E-state index contributed by atoms with van der Waals surface area (Å²) < 4.78 is 11.7. The zero-order valence-corrected chi connectivity index (χ0v) is 18.4. The Balaban J connectivity index is 1.71. The van der Waals surface area contributed by atoms with Gasteiger partial charge in [-0.15, -0.1) is 0 Å². The predicted octanol–water partition coefficient (Wildman–Crippen LogP) is 3.88. The van der Waals surface area contributed by atoms with Crippen LogP contribution in [0.4, 0.5) is 0 Å². The van der Waals surface area contributed by atoms with E-state index in [-0.39, 0.29) is 18.4 Å². The Bertz CT molecular complexity index is 994. The van der Waals surface area contributed by atoms with E-state index in [0.717, 1.165) is 25.7 Å². The number of hydrogen-bond acceptors (Lipinski definition) is 5. The number of benzene rings is 2. The molecule has 1 unspecified atom stereocenters. The van der Waals surface area contributed by atoms with Crippen molar-refractivity contribution in [3.63, 3.8) is 0 Å². The first kappa shape index (κ1) is 21.9. The fourth-order valence-electron chi connectivity index (χ4n) is 4.47. The molecule has 1 heterocycles. The van der Waals surface area contributed by atoms with Crippen molar-refractivity contribution >= 4 is 17.7 Å². The highest BCUT2D eigenvalue weighted by Crippen LogP contribution is 2.38. The minimum atomic E-state index is -0.759. The third-order valence-corrected chi connectivity index (χ3v) is 6.06. The lowest BCUT2D eigenvalue weighted by atomic mass is 10.0. The van der Waals surface area contributed by atoms with Crippen molar-refractivity contribution in [2.24, 2.45) is 0 Å².